The average Bonchev–Trinajstić information content (AvgIpc) is 2.44. The lowest BCUT2D eigenvalue weighted by atomic mass is 9.79. The Bertz CT molecular complexity index is 205. The number of methoxy groups -OCH3 is 1. The van der Waals surface area contributed by atoms with E-state index in [4.69, 9.17) is 4.74 Å². The molecule has 1 saturated carbocycles. The third kappa shape index (κ3) is 1.76. The molecule has 0 bridgehead atoms. The predicted molar refractivity (Wildman–Crippen MR) is 49.7 cm³/mol. The van der Waals surface area contributed by atoms with Crippen molar-refractivity contribution in [2.24, 2.45) is 0 Å². The number of rotatable bonds is 3. The standard InChI is InChI=1S/C10H17NO2/c1-13-10(4-2-5-10)8-11-6-3-9(12)7-11/h2-8H2,1H3. The first-order valence-electron chi connectivity index (χ1n) is 5.03. The van der Waals surface area contributed by atoms with Crippen LogP contribution in [0, 0.1) is 0 Å². The van der Waals surface area contributed by atoms with Crippen molar-refractivity contribution in [3.63, 3.8) is 0 Å². The Hall–Kier alpha value is -0.410. The van der Waals surface area contributed by atoms with Gasteiger partial charge in [0.15, 0.2) is 0 Å². The van der Waals surface area contributed by atoms with Gasteiger partial charge in [-0.05, 0) is 19.3 Å². The fourth-order valence-corrected chi connectivity index (χ4v) is 2.23. The molecule has 2 aliphatic rings. The van der Waals surface area contributed by atoms with Crippen LogP contribution >= 0.6 is 0 Å². The summed E-state index contributed by atoms with van der Waals surface area (Å²) in [6.45, 7) is 2.53. The Kier molecular flexibility index (Phi) is 2.39. The van der Waals surface area contributed by atoms with Gasteiger partial charge in [0.25, 0.3) is 0 Å². The third-order valence-electron chi connectivity index (χ3n) is 3.32. The number of hydrogen-bond acceptors (Lipinski definition) is 3. The van der Waals surface area contributed by atoms with Crippen molar-refractivity contribution < 1.29 is 9.53 Å². The second-order valence-corrected chi connectivity index (χ2v) is 4.24. The second-order valence-electron chi connectivity index (χ2n) is 4.24. The highest BCUT2D eigenvalue weighted by atomic mass is 16.5. The van der Waals surface area contributed by atoms with E-state index in [9.17, 15) is 4.79 Å². The molecule has 0 aromatic rings. The van der Waals surface area contributed by atoms with Gasteiger partial charge >= 0.3 is 0 Å². The Balaban J connectivity index is 1.86. The first-order valence-corrected chi connectivity index (χ1v) is 5.03. The van der Waals surface area contributed by atoms with Crippen LogP contribution in [-0.4, -0.2) is 43.0 Å². The molecule has 0 amide bonds. The van der Waals surface area contributed by atoms with Crippen LogP contribution in [0.4, 0.5) is 0 Å². The Labute approximate surface area is 79.0 Å². The van der Waals surface area contributed by atoms with E-state index in [1.54, 1.807) is 7.11 Å². The molecule has 1 saturated heterocycles. The minimum absolute atomic E-state index is 0.0879. The third-order valence-corrected chi connectivity index (χ3v) is 3.32. The van der Waals surface area contributed by atoms with Crippen molar-refractivity contribution >= 4 is 5.78 Å². The number of carbonyl (C=O) groups is 1. The second kappa shape index (κ2) is 3.39. The lowest BCUT2D eigenvalue weighted by Gasteiger charge is -2.42. The van der Waals surface area contributed by atoms with Crippen molar-refractivity contribution in [1.82, 2.24) is 4.90 Å². The lowest BCUT2D eigenvalue weighted by Crippen LogP contribution is -2.48. The summed E-state index contributed by atoms with van der Waals surface area (Å²) in [5.74, 6) is 0.380. The molecule has 0 unspecified atom stereocenters. The average molecular weight is 183 g/mol. The number of carbonyl (C=O) groups excluding carboxylic acids is 1. The minimum Gasteiger partial charge on any atom is -0.377 e. The van der Waals surface area contributed by atoms with Gasteiger partial charge in [-0.1, -0.05) is 0 Å². The Morgan fingerprint density at radius 3 is 2.69 bits per heavy atom. The summed E-state index contributed by atoms with van der Waals surface area (Å²) in [7, 11) is 1.79. The van der Waals surface area contributed by atoms with Crippen molar-refractivity contribution in [2.75, 3.05) is 26.7 Å². The molecule has 2 rings (SSSR count). The normalized spacial score (nSPS) is 27.6. The molecule has 0 atom stereocenters. The fourth-order valence-electron chi connectivity index (χ4n) is 2.23. The minimum atomic E-state index is 0.0879. The zero-order chi connectivity index (χ0) is 9.31. The lowest BCUT2D eigenvalue weighted by molar-refractivity contribution is -0.118. The highest BCUT2D eigenvalue weighted by Gasteiger charge is 2.39. The van der Waals surface area contributed by atoms with Gasteiger partial charge in [-0.25, -0.2) is 0 Å². The van der Waals surface area contributed by atoms with Gasteiger partial charge in [0, 0.05) is 26.6 Å². The quantitative estimate of drug-likeness (QED) is 0.649. The zero-order valence-electron chi connectivity index (χ0n) is 8.21. The predicted octanol–water partition coefficient (Wildman–Crippen LogP) is 0.830. The molecule has 2 fully saturated rings. The fraction of sp³-hybridized carbons (Fsp3) is 0.900. The molecular weight excluding hydrogens is 166 g/mol. The molecule has 0 radical (unpaired) electrons. The molecule has 0 spiro atoms. The van der Waals surface area contributed by atoms with E-state index in [1.165, 1.54) is 6.42 Å². The topological polar surface area (TPSA) is 29.5 Å². The van der Waals surface area contributed by atoms with Gasteiger partial charge < -0.3 is 4.74 Å². The molecule has 1 aliphatic carbocycles. The molecule has 3 nitrogen and oxygen atoms in total. The molecule has 1 heterocycles. The van der Waals surface area contributed by atoms with Gasteiger partial charge in [0.2, 0.25) is 0 Å². The number of Topliss-reactive ketones (excluding diaryl/α,β-unsaturated/α-hetero) is 1. The van der Waals surface area contributed by atoms with Crippen LogP contribution in [-0.2, 0) is 9.53 Å². The smallest absolute Gasteiger partial charge is 0.148 e. The highest BCUT2D eigenvalue weighted by molar-refractivity contribution is 5.82. The van der Waals surface area contributed by atoms with Gasteiger partial charge in [0.05, 0.1) is 12.1 Å². The SMILES string of the molecule is COC1(CN2CCC(=O)C2)CCC1. The van der Waals surface area contributed by atoms with Crippen LogP contribution in [0.1, 0.15) is 25.7 Å². The van der Waals surface area contributed by atoms with E-state index in [2.05, 4.69) is 4.90 Å². The molecule has 3 heteroatoms. The van der Waals surface area contributed by atoms with E-state index < -0.39 is 0 Å². The van der Waals surface area contributed by atoms with Crippen molar-refractivity contribution in [1.29, 1.82) is 0 Å². The highest BCUT2D eigenvalue weighted by Crippen LogP contribution is 2.36. The van der Waals surface area contributed by atoms with Crippen LogP contribution in [0.2, 0.25) is 0 Å². The van der Waals surface area contributed by atoms with Gasteiger partial charge in [-0.3, -0.25) is 9.69 Å². The number of hydrogen-bond donors (Lipinski definition) is 0. The van der Waals surface area contributed by atoms with Crippen molar-refractivity contribution in [3.8, 4) is 0 Å². The maximum absolute atomic E-state index is 11.1. The zero-order valence-corrected chi connectivity index (χ0v) is 8.21. The van der Waals surface area contributed by atoms with E-state index in [0.29, 0.717) is 12.3 Å². The van der Waals surface area contributed by atoms with E-state index in [0.717, 1.165) is 32.4 Å². The van der Waals surface area contributed by atoms with Crippen LogP contribution < -0.4 is 0 Å². The van der Waals surface area contributed by atoms with Crippen molar-refractivity contribution in [3.05, 3.63) is 0 Å². The first kappa shape index (κ1) is 9.16. The van der Waals surface area contributed by atoms with Gasteiger partial charge in [-0.15, -0.1) is 0 Å². The number of nitrogens with zero attached hydrogens (tertiary/aromatic N) is 1. The molecular formula is C10H17NO2. The summed E-state index contributed by atoms with van der Waals surface area (Å²) < 4.78 is 5.52. The van der Waals surface area contributed by atoms with Crippen LogP contribution in [0.25, 0.3) is 0 Å². The van der Waals surface area contributed by atoms with Crippen LogP contribution in [0.3, 0.4) is 0 Å². The molecule has 0 aromatic heterocycles. The molecule has 1 aliphatic heterocycles. The number of ether oxygens (including phenoxy) is 1. The summed E-state index contributed by atoms with van der Waals surface area (Å²) >= 11 is 0. The summed E-state index contributed by atoms with van der Waals surface area (Å²) in [5.41, 5.74) is 0.0879. The maximum atomic E-state index is 11.1. The largest absolute Gasteiger partial charge is 0.377 e. The monoisotopic (exact) mass is 183 g/mol. The number of likely N-dealkylation sites (tertiary alicyclic amines) is 1. The van der Waals surface area contributed by atoms with Crippen molar-refractivity contribution in [2.45, 2.75) is 31.3 Å². The molecule has 13 heavy (non-hydrogen) atoms. The summed E-state index contributed by atoms with van der Waals surface area (Å²) in [5, 5.41) is 0. The van der Waals surface area contributed by atoms with Crippen LogP contribution in [0.5, 0.6) is 0 Å². The van der Waals surface area contributed by atoms with Crippen LogP contribution in [0.15, 0.2) is 0 Å². The van der Waals surface area contributed by atoms with E-state index >= 15 is 0 Å². The molecule has 74 valence electrons. The Morgan fingerprint density at radius 2 is 2.31 bits per heavy atom. The van der Waals surface area contributed by atoms with E-state index in [-0.39, 0.29) is 5.60 Å². The molecule has 0 aromatic carbocycles. The van der Waals surface area contributed by atoms with E-state index in [1.807, 2.05) is 0 Å². The summed E-state index contributed by atoms with van der Waals surface area (Å²) in [6, 6.07) is 0. The first-order chi connectivity index (χ1) is 6.24. The van der Waals surface area contributed by atoms with Gasteiger partial charge in [-0.2, -0.15) is 0 Å². The molecule has 0 N–H and O–H groups in total. The summed E-state index contributed by atoms with van der Waals surface area (Å²) in [6.07, 6.45) is 4.33. The Morgan fingerprint density at radius 1 is 1.54 bits per heavy atom. The number of ketones is 1. The summed E-state index contributed by atoms with van der Waals surface area (Å²) in [4.78, 5) is 13.3. The maximum Gasteiger partial charge on any atom is 0.148 e. The van der Waals surface area contributed by atoms with Gasteiger partial charge in [0.1, 0.15) is 5.78 Å².